The van der Waals surface area contributed by atoms with Crippen LogP contribution in [0.2, 0.25) is 0 Å². The van der Waals surface area contributed by atoms with E-state index in [0.29, 0.717) is 25.7 Å². The molecule has 0 spiro atoms. The van der Waals surface area contributed by atoms with Crippen LogP contribution in [0.1, 0.15) is 60.8 Å². The quantitative estimate of drug-likeness (QED) is 0.199. The maximum absolute atomic E-state index is 12.1. The number of hydrogen-bond acceptors (Lipinski definition) is 2. The van der Waals surface area contributed by atoms with Crippen LogP contribution in [-0.2, 0) is 20.4 Å². The van der Waals surface area contributed by atoms with Crippen LogP contribution < -0.4 is 0 Å². The van der Waals surface area contributed by atoms with Crippen molar-refractivity contribution in [3.63, 3.8) is 0 Å². The molecule has 2 aliphatic rings. The van der Waals surface area contributed by atoms with Crippen molar-refractivity contribution in [3.05, 3.63) is 119 Å². The summed E-state index contributed by atoms with van der Waals surface area (Å²) in [6.07, 6.45) is 3.48. The summed E-state index contributed by atoms with van der Waals surface area (Å²) in [5, 5.41) is -0.629. The number of fused-ring (bicyclic) bond motifs is 6. The number of benzene rings is 4. The fraction of sp³-hybridized carbons (Fsp3) is 0.235. The predicted octanol–water partition coefficient (Wildman–Crippen LogP) is 8.79. The highest BCUT2D eigenvalue weighted by molar-refractivity contribution is 6.63. The van der Waals surface area contributed by atoms with Crippen LogP contribution >= 0.6 is 23.2 Å². The zero-order valence-electron chi connectivity index (χ0n) is 21.1. The van der Waals surface area contributed by atoms with Crippen LogP contribution in [0.25, 0.3) is 22.3 Å². The van der Waals surface area contributed by atoms with E-state index >= 15 is 0 Å². The molecule has 0 unspecified atom stereocenters. The van der Waals surface area contributed by atoms with Gasteiger partial charge in [0.25, 0.3) is 0 Å². The molecule has 0 radical (unpaired) electrons. The minimum atomic E-state index is -0.359. The lowest BCUT2D eigenvalue weighted by Gasteiger charge is -2.38. The van der Waals surface area contributed by atoms with Gasteiger partial charge in [-0.1, -0.05) is 97.1 Å². The number of carbonyl (C=O) groups excluding carboxylic acids is 2. The number of rotatable bonds is 9. The lowest BCUT2D eigenvalue weighted by Crippen LogP contribution is -2.32. The first-order valence-electron chi connectivity index (χ1n) is 13.2. The second-order valence-corrected chi connectivity index (χ2v) is 11.4. The van der Waals surface area contributed by atoms with Crippen molar-refractivity contribution in [1.29, 1.82) is 0 Å². The van der Waals surface area contributed by atoms with Crippen molar-refractivity contribution in [2.75, 3.05) is 0 Å². The van der Waals surface area contributed by atoms with Gasteiger partial charge in [-0.2, -0.15) is 0 Å². The van der Waals surface area contributed by atoms with Gasteiger partial charge in [-0.05, 0) is 93.4 Å². The summed E-state index contributed by atoms with van der Waals surface area (Å²) in [7, 11) is 0. The molecule has 2 aliphatic carbocycles. The molecule has 0 N–H and O–H groups in total. The van der Waals surface area contributed by atoms with E-state index in [1.807, 2.05) is 0 Å². The molecule has 2 nitrogen and oxygen atoms in total. The van der Waals surface area contributed by atoms with Crippen molar-refractivity contribution in [3.8, 4) is 22.3 Å². The summed E-state index contributed by atoms with van der Waals surface area (Å²) < 4.78 is 0. The van der Waals surface area contributed by atoms with E-state index in [2.05, 4.69) is 97.1 Å². The van der Waals surface area contributed by atoms with E-state index in [1.165, 1.54) is 44.5 Å². The van der Waals surface area contributed by atoms with Gasteiger partial charge in [0.15, 0.2) is 0 Å². The molecule has 4 heteroatoms. The molecule has 0 bridgehead atoms. The summed E-state index contributed by atoms with van der Waals surface area (Å²) in [4.78, 5) is 24.2. The SMILES string of the molecule is O=C(Cl)CCC1(CCC2(CCC(=O)Cl)c3ccccc3-c3ccccc32)c2ccccc2-c2ccccc21. The first kappa shape index (κ1) is 25.1. The van der Waals surface area contributed by atoms with Crippen molar-refractivity contribution < 1.29 is 9.59 Å². The molecule has 0 aromatic heterocycles. The van der Waals surface area contributed by atoms with Gasteiger partial charge in [-0.25, -0.2) is 0 Å². The minimum Gasteiger partial charge on any atom is -0.281 e. The average molecular weight is 540 g/mol. The zero-order valence-corrected chi connectivity index (χ0v) is 22.6. The van der Waals surface area contributed by atoms with Gasteiger partial charge < -0.3 is 0 Å². The van der Waals surface area contributed by atoms with Crippen LogP contribution in [0.5, 0.6) is 0 Å². The number of hydrogen-bond donors (Lipinski definition) is 0. The first-order valence-corrected chi connectivity index (χ1v) is 14.0. The minimum absolute atomic E-state index is 0.296. The molecule has 0 heterocycles. The Balaban J connectivity index is 1.52. The maximum Gasteiger partial charge on any atom is 0.221 e. The highest BCUT2D eigenvalue weighted by Gasteiger charge is 2.48. The van der Waals surface area contributed by atoms with Gasteiger partial charge in [0.2, 0.25) is 10.5 Å². The fourth-order valence-electron chi connectivity index (χ4n) is 7.21. The summed E-state index contributed by atoms with van der Waals surface area (Å²) in [5.74, 6) is 0. The Bertz CT molecular complexity index is 1350. The molecule has 38 heavy (non-hydrogen) atoms. The van der Waals surface area contributed by atoms with Crippen LogP contribution in [0.3, 0.4) is 0 Å². The topological polar surface area (TPSA) is 34.1 Å². The van der Waals surface area contributed by atoms with Crippen molar-refractivity contribution in [1.82, 2.24) is 0 Å². The van der Waals surface area contributed by atoms with E-state index < -0.39 is 0 Å². The van der Waals surface area contributed by atoms with Crippen LogP contribution in [-0.4, -0.2) is 10.5 Å². The normalized spacial score (nSPS) is 15.3. The standard InChI is InChI=1S/C34H28Cl2O2/c35-31(37)17-19-33(27-13-5-1-9-23(27)24-10-2-6-14-28(24)33)21-22-34(20-18-32(36)38)29-15-7-3-11-25(29)26-12-4-8-16-30(26)34/h1-16H,17-22H2. The lowest BCUT2D eigenvalue weighted by atomic mass is 9.64. The molecule has 0 fully saturated rings. The molecule has 0 atom stereocenters. The van der Waals surface area contributed by atoms with Crippen molar-refractivity contribution in [2.24, 2.45) is 0 Å². The summed E-state index contributed by atoms with van der Waals surface area (Å²) >= 11 is 11.9. The second kappa shape index (κ2) is 9.84. The third kappa shape index (κ3) is 3.94. The molecular weight excluding hydrogens is 511 g/mol. The second-order valence-electron chi connectivity index (χ2n) is 10.6. The third-order valence-corrected chi connectivity index (χ3v) is 9.20. The highest BCUT2D eigenvalue weighted by Crippen LogP contribution is 2.59. The predicted molar refractivity (Wildman–Crippen MR) is 155 cm³/mol. The molecule has 0 saturated heterocycles. The van der Waals surface area contributed by atoms with Crippen molar-refractivity contribution in [2.45, 2.75) is 49.4 Å². The van der Waals surface area contributed by atoms with Gasteiger partial charge in [0, 0.05) is 23.7 Å². The Morgan fingerprint density at radius 3 is 0.974 bits per heavy atom. The van der Waals surface area contributed by atoms with E-state index in [1.54, 1.807) is 0 Å². The number of carbonyl (C=O) groups is 2. The molecule has 0 saturated carbocycles. The van der Waals surface area contributed by atoms with Crippen LogP contribution in [0.4, 0.5) is 0 Å². The molecule has 4 aromatic carbocycles. The Morgan fingerprint density at radius 1 is 0.447 bits per heavy atom. The summed E-state index contributed by atoms with van der Waals surface area (Å²) in [5.41, 5.74) is 9.19. The summed E-state index contributed by atoms with van der Waals surface area (Å²) in [6.45, 7) is 0. The Morgan fingerprint density at radius 2 is 0.711 bits per heavy atom. The van der Waals surface area contributed by atoms with Gasteiger partial charge in [0.05, 0.1) is 0 Å². The molecule has 0 aliphatic heterocycles. The van der Waals surface area contributed by atoms with Gasteiger partial charge in [-0.3, -0.25) is 9.59 Å². The molecule has 0 amide bonds. The van der Waals surface area contributed by atoms with E-state index in [-0.39, 0.29) is 21.3 Å². The smallest absolute Gasteiger partial charge is 0.221 e. The Hall–Kier alpha value is -3.20. The van der Waals surface area contributed by atoms with E-state index in [9.17, 15) is 9.59 Å². The highest BCUT2D eigenvalue weighted by atomic mass is 35.5. The van der Waals surface area contributed by atoms with Gasteiger partial charge >= 0.3 is 0 Å². The van der Waals surface area contributed by atoms with Gasteiger partial charge in [-0.15, -0.1) is 0 Å². The lowest BCUT2D eigenvalue weighted by molar-refractivity contribution is -0.112. The largest absolute Gasteiger partial charge is 0.281 e. The molecule has 4 aromatic rings. The van der Waals surface area contributed by atoms with Gasteiger partial charge in [0.1, 0.15) is 0 Å². The Kier molecular flexibility index (Phi) is 6.50. The zero-order chi connectivity index (χ0) is 26.3. The number of halogens is 2. The van der Waals surface area contributed by atoms with Crippen LogP contribution in [0.15, 0.2) is 97.1 Å². The summed E-state index contributed by atoms with van der Waals surface area (Å²) in [6, 6.07) is 34.2. The molecular formula is C34H28Cl2O2. The fourth-order valence-corrected chi connectivity index (χ4v) is 7.40. The van der Waals surface area contributed by atoms with E-state index in [0.717, 1.165) is 12.8 Å². The van der Waals surface area contributed by atoms with Crippen molar-refractivity contribution >= 4 is 33.7 Å². The molecule has 6 rings (SSSR count). The monoisotopic (exact) mass is 538 g/mol. The van der Waals surface area contributed by atoms with E-state index in [4.69, 9.17) is 23.2 Å². The first-order chi connectivity index (χ1) is 18.5. The third-order valence-electron chi connectivity index (χ3n) is 8.83. The molecule has 190 valence electrons. The maximum atomic E-state index is 12.1. The Labute approximate surface area is 233 Å². The average Bonchev–Trinajstić information content (AvgIpc) is 3.38. The van der Waals surface area contributed by atoms with Crippen LogP contribution in [0, 0.1) is 0 Å².